The molecule has 1 aromatic carbocycles. The molecule has 0 unspecified atom stereocenters. The lowest BCUT2D eigenvalue weighted by Gasteiger charge is -2.12. The van der Waals surface area contributed by atoms with Gasteiger partial charge in [-0.05, 0) is 25.0 Å². The van der Waals surface area contributed by atoms with Crippen LogP contribution >= 0.6 is 11.6 Å². The summed E-state index contributed by atoms with van der Waals surface area (Å²) in [5, 5.41) is 2.83. The lowest BCUT2D eigenvalue weighted by Crippen LogP contribution is -2.84. The predicted molar refractivity (Wildman–Crippen MR) is 74.0 cm³/mol. The van der Waals surface area contributed by atoms with Gasteiger partial charge in [-0.3, -0.25) is 0 Å². The zero-order chi connectivity index (χ0) is 13.7. The van der Waals surface area contributed by atoms with Crippen LogP contribution in [0.2, 0.25) is 5.02 Å². The van der Waals surface area contributed by atoms with Crippen LogP contribution in [-0.4, -0.2) is 33.5 Å². The predicted octanol–water partition coefficient (Wildman–Crippen LogP) is 1.60. The number of benzene rings is 1. The van der Waals surface area contributed by atoms with Crippen LogP contribution in [-0.2, 0) is 11.3 Å². The maximum Gasteiger partial charge on any atom is 0.179 e. The summed E-state index contributed by atoms with van der Waals surface area (Å²) in [7, 11) is 3.21. The number of nitrogens with two attached hydrogens (primary N) is 1. The molecule has 19 heavy (non-hydrogen) atoms. The second-order valence-electron chi connectivity index (χ2n) is 4.68. The van der Waals surface area contributed by atoms with E-state index in [0.717, 1.165) is 25.3 Å². The molecule has 0 aliphatic carbocycles. The van der Waals surface area contributed by atoms with Crippen LogP contribution in [0.15, 0.2) is 12.1 Å². The molecule has 2 N–H and O–H groups in total. The number of rotatable bonds is 6. The van der Waals surface area contributed by atoms with E-state index in [0.29, 0.717) is 22.6 Å². The Morgan fingerprint density at radius 3 is 2.84 bits per heavy atom. The minimum atomic E-state index is 0.399. The summed E-state index contributed by atoms with van der Waals surface area (Å²) in [6, 6.07) is 3.89. The van der Waals surface area contributed by atoms with Crippen molar-refractivity contribution in [3.63, 3.8) is 0 Å². The van der Waals surface area contributed by atoms with Gasteiger partial charge in [-0.15, -0.1) is 0 Å². The van der Waals surface area contributed by atoms with Crippen LogP contribution < -0.4 is 14.8 Å². The van der Waals surface area contributed by atoms with Gasteiger partial charge in [-0.25, -0.2) is 0 Å². The fourth-order valence-electron chi connectivity index (χ4n) is 2.36. The van der Waals surface area contributed by atoms with Crippen molar-refractivity contribution in [2.24, 2.45) is 0 Å². The van der Waals surface area contributed by atoms with E-state index in [1.807, 2.05) is 12.1 Å². The molecule has 1 heterocycles. The molecule has 0 amide bonds. The van der Waals surface area contributed by atoms with Gasteiger partial charge in [0, 0.05) is 12.2 Å². The molecule has 1 aliphatic heterocycles. The summed E-state index contributed by atoms with van der Waals surface area (Å²) in [5.74, 6) is 1.27. The third-order valence-corrected chi connectivity index (χ3v) is 3.61. The maximum atomic E-state index is 6.18. The molecule has 0 bridgehead atoms. The first kappa shape index (κ1) is 14.4. The van der Waals surface area contributed by atoms with Crippen molar-refractivity contribution in [2.45, 2.75) is 25.5 Å². The van der Waals surface area contributed by atoms with Gasteiger partial charge in [-0.1, -0.05) is 11.6 Å². The number of hydrogen-bond acceptors (Lipinski definition) is 3. The minimum Gasteiger partial charge on any atom is -0.493 e. The number of quaternary nitrogens is 1. The van der Waals surface area contributed by atoms with Gasteiger partial charge in [0.05, 0.1) is 19.2 Å². The van der Waals surface area contributed by atoms with Crippen molar-refractivity contribution >= 4 is 11.6 Å². The highest BCUT2D eigenvalue weighted by Crippen LogP contribution is 2.35. The van der Waals surface area contributed by atoms with Gasteiger partial charge >= 0.3 is 0 Å². The Morgan fingerprint density at radius 1 is 1.37 bits per heavy atom. The molecular formula is C14H21ClNO3+. The summed E-state index contributed by atoms with van der Waals surface area (Å²) in [6.07, 6.45) is 2.75. The first-order valence-corrected chi connectivity index (χ1v) is 6.96. The normalized spacial score (nSPS) is 18.6. The molecule has 1 atom stereocenters. The average Bonchev–Trinajstić information content (AvgIpc) is 2.91. The molecule has 0 aromatic heterocycles. The summed E-state index contributed by atoms with van der Waals surface area (Å²) >= 11 is 6.18. The number of halogens is 1. The van der Waals surface area contributed by atoms with Gasteiger partial charge in [0.15, 0.2) is 11.5 Å². The highest BCUT2D eigenvalue weighted by molar-refractivity contribution is 6.32. The fourth-order valence-corrected chi connectivity index (χ4v) is 2.67. The van der Waals surface area contributed by atoms with E-state index in [-0.39, 0.29) is 0 Å². The molecule has 1 saturated heterocycles. The van der Waals surface area contributed by atoms with E-state index in [1.54, 1.807) is 14.2 Å². The second kappa shape index (κ2) is 6.98. The van der Waals surface area contributed by atoms with Gasteiger partial charge < -0.3 is 19.5 Å². The summed E-state index contributed by atoms with van der Waals surface area (Å²) in [5.41, 5.74) is 1.13. The third kappa shape index (κ3) is 3.75. The Balaban J connectivity index is 1.94. The quantitative estimate of drug-likeness (QED) is 0.864. The van der Waals surface area contributed by atoms with Crippen LogP contribution in [0, 0.1) is 0 Å². The van der Waals surface area contributed by atoms with Crippen molar-refractivity contribution in [3.8, 4) is 11.5 Å². The lowest BCUT2D eigenvalue weighted by atomic mass is 10.2. The average molecular weight is 287 g/mol. The van der Waals surface area contributed by atoms with Crippen LogP contribution in [0.5, 0.6) is 11.5 Å². The summed E-state index contributed by atoms with van der Waals surface area (Å²) in [4.78, 5) is 0. The molecular weight excluding hydrogens is 266 g/mol. The summed E-state index contributed by atoms with van der Waals surface area (Å²) < 4.78 is 16.1. The van der Waals surface area contributed by atoms with Crippen molar-refractivity contribution in [1.29, 1.82) is 0 Å². The van der Waals surface area contributed by atoms with Crippen LogP contribution in [0.25, 0.3) is 0 Å². The van der Waals surface area contributed by atoms with Crippen LogP contribution in [0.4, 0.5) is 0 Å². The van der Waals surface area contributed by atoms with Crippen molar-refractivity contribution in [2.75, 3.05) is 27.4 Å². The largest absolute Gasteiger partial charge is 0.493 e. The first-order valence-electron chi connectivity index (χ1n) is 6.58. The Bertz CT molecular complexity index is 419. The van der Waals surface area contributed by atoms with E-state index in [9.17, 15) is 0 Å². The topological polar surface area (TPSA) is 44.3 Å². The fraction of sp³-hybridized carbons (Fsp3) is 0.571. The van der Waals surface area contributed by atoms with E-state index >= 15 is 0 Å². The maximum absolute atomic E-state index is 6.18. The number of methoxy groups -OCH3 is 2. The zero-order valence-electron chi connectivity index (χ0n) is 11.4. The van der Waals surface area contributed by atoms with Crippen molar-refractivity contribution in [3.05, 3.63) is 22.7 Å². The van der Waals surface area contributed by atoms with Crippen LogP contribution in [0.3, 0.4) is 0 Å². The number of hydrogen-bond donors (Lipinski definition) is 1. The van der Waals surface area contributed by atoms with E-state index in [4.69, 9.17) is 25.8 Å². The van der Waals surface area contributed by atoms with E-state index in [2.05, 4.69) is 5.32 Å². The van der Waals surface area contributed by atoms with E-state index < -0.39 is 0 Å². The Hall–Kier alpha value is -0.970. The highest BCUT2D eigenvalue weighted by atomic mass is 35.5. The molecule has 1 aliphatic rings. The molecule has 1 aromatic rings. The molecule has 2 rings (SSSR count). The molecule has 0 spiro atoms. The standard InChI is InChI=1S/C14H20ClNO3/c1-17-13-7-10(6-12(15)14(13)18-2)8-16-9-11-4-3-5-19-11/h6-7,11,16H,3-5,8-9H2,1-2H3/p+1/t11-/m1/s1. The van der Waals surface area contributed by atoms with Gasteiger partial charge in [0.2, 0.25) is 0 Å². The Kier molecular flexibility index (Phi) is 5.31. The summed E-state index contributed by atoms with van der Waals surface area (Å²) in [6.45, 7) is 2.76. The monoisotopic (exact) mass is 286 g/mol. The van der Waals surface area contributed by atoms with Crippen molar-refractivity contribution in [1.82, 2.24) is 0 Å². The Labute approximate surface area is 119 Å². The highest BCUT2D eigenvalue weighted by Gasteiger charge is 2.17. The first-order chi connectivity index (χ1) is 9.24. The molecule has 1 fully saturated rings. The molecule has 5 heteroatoms. The molecule has 0 radical (unpaired) electrons. The SMILES string of the molecule is COc1cc(C[NH2+]C[C@H]2CCCO2)cc(Cl)c1OC. The van der Waals surface area contributed by atoms with Crippen molar-refractivity contribution < 1.29 is 19.5 Å². The lowest BCUT2D eigenvalue weighted by molar-refractivity contribution is -0.676. The Morgan fingerprint density at radius 2 is 2.21 bits per heavy atom. The second-order valence-corrected chi connectivity index (χ2v) is 5.08. The van der Waals surface area contributed by atoms with Gasteiger partial charge in [-0.2, -0.15) is 0 Å². The third-order valence-electron chi connectivity index (χ3n) is 3.33. The molecule has 0 saturated carbocycles. The number of ether oxygens (including phenoxy) is 3. The van der Waals surface area contributed by atoms with Gasteiger partial charge in [0.25, 0.3) is 0 Å². The molecule has 4 nitrogen and oxygen atoms in total. The minimum absolute atomic E-state index is 0.399. The van der Waals surface area contributed by atoms with Gasteiger partial charge in [0.1, 0.15) is 19.2 Å². The smallest absolute Gasteiger partial charge is 0.179 e. The van der Waals surface area contributed by atoms with E-state index in [1.165, 1.54) is 12.8 Å². The molecule has 106 valence electrons. The van der Waals surface area contributed by atoms with Crippen LogP contribution in [0.1, 0.15) is 18.4 Å². The zero-order valence-corrected chi connectivity index (χ0v) is 12.2.